The number of ether oxygens (including phenoxy) is 1. The Morgan fingerprint density at radius 3 is 2.75 bits per heavy atom. The second-order valence-electron chi connectivity index (χ2n) is 5.47. The molecule has 0 unspecified atom stereocenters. The van der Waals surface area contributed by atoms with Crippen LogP contribution in [-0.4, -0.2) is 21.5 Å². The van der Waals surface area contributed by atoms with Crippen molar-refractivity contribution < 1.29 is 17.9 Å². The molecule has 0 amide bonds. The van der Waals surface area contributed by atoms with Gasteiger partial charge in [0.15, 0.2) is 0 Å². The third-order valence-electron chi connectivity index (χ3n) is 3.89. The van der Waals surface area contributed by atoms with Crippen LogP contribution < -0.4 is 4.72 Å². The Morgan fingerprint density at radius 1 is 1.29 bits per heavy atom. The molecular formula is C16H16ClNO4S2. The Balaban J connectivity index is 2.03. The third-order valence-corrected chi connectivity index (χ3v) is 6.81. The summed E-state index contributed by atoms with van der Waals surface area (Å²) in [4.78, 5) is 13.3. The summed E-state index contributed by atoms with van der Waals surface area (Å²) in [6, 6.07) is 6.00. The van der Waals surface area contributed by atoms with Crippen LogP contribution in [0.2, 0.25) is 5.02 Å². The van der Waals surface area contributed by atoms with Crippen LogP contribution in [0.3, 0.4) is 0 Å². The lowest BCUT2D eigenvalue weighted by Gasteiger charge is -2.12. The fourth-order valence-electron chi connectivity index (χ4n) is 2.77. The molecule has 8 heteroatoms. The van der Waals surface area contributed by atoms with Crippen molar-refractivity contribution in [3.05, 3.63) is 45.3 Å². The summed E-state index contributed by atoms with van der Waals surface area (Å²) in [7, 11) is -2.54. The molecule has 2 aromatic rings. The zero-order valence-corrected chi connectivity index (χ0v) is 15.4. The van der Waals surface area contributed by atoms with E-state index in [0.29, 0.717) is 15.6 Å². The molecule has 5 nitrogen and oxygen atoms in total. The van der Waals surface area contributed by atoms with Crippen LogP contribution >= 0.6 is 22.9 Å². The minimum Gasteiger partial charge on any atom is -0.465 e. The van der Waals surface area contributed by atoms with E-state index in [4.69, 9.17) is 16.3 Å². The van der Waals surface area contributed by atoms with Gasteiger partial charge in [0.05, 0.1) is 17.6 Å². The van der Waals surface area contributed by atoms with E-state index in [1.807, 2.05) is 0 Å². The maximum atomic E-state index is 12.6. The number of sulfonamides is 1. The maximum absolute atomic E-state index is 12.6. The quantitative estimate of drug-likeness (QED) is 0.811. The van der Waals surface area contributed by atoms with Crippen LogP contribution in [0.4, 0.5) is 5.00 Å². The number of benzene rings is 1. The summed E-state index contributed by atoms with van der Waals surface area (Å²) in [6.45, 7) is 0. The van der Waals surface area contributed by atoms with Gasteiger partial charge in [-0.1, -0.05) is 17.7 Å². The first-order chi connectivity index (χ1) is 11.4. The molecule has 0 fully saturated rings. The molecule has 0 aliphatic heterocycles. The fraction of sp³-hybridized carbons (Fsp3) is 0.312. The van der Waals surface area contributed by atoms with E-state index in [-0.39, 0.29) is 4.90 Å². The van der Waals surface area contributed by atoms with Crippen molar-refractivity contribution in [2.45, 2.75) is 30.6 Å². The number of aryl methyl sites for hydroxylation is 1. The average Bonchev–Trinajstić information content (AvgIpc) is 2.91. The molecule has 128 valence electrons. The molecule has 1 N–H and O–H groups in total. The highest BCUT2D eigenvalue weighted by atomic mass is 35.5. The topological polar surface area (TPSA) is 72.5 Å². The van der Waals surface area contributed by atoms with Crippen molar-refractivity contribution in [2.75, 3.05) is 11.8 Å². The highest BCUT2D eigenvalue weighted by Gasteiger charge is 2.28. The number of carbonyl (C=O) groups excluding carboxylic acids is 1. The number of halogens is 1. The highest BCUT2D eigenvalue weighted by Crippen LogP contribution is 2.39. The van der Waals surface area contributed by atoms with E-state index in [0.717, 1.165) is 36.1 Å². The molecule has 0 saturated carbocycles. The van der Waals surface area contributed by atoms with Crippen molar-refractivity contribution >= 4 is 43.9 Å². The largest absolute Gasteiger partial charge is 0.465 e. The molecule has 0 bridgehead atoms. The smallest absolute Gasteiger partial charge is 0.341 e. The number of fused-ring (bicyclic) bond motifs is 1. The summed E-state index contributed by atoms with van der Waals surface area (Å²) in [5, 5.41) is 0.644. The number of methoxy groups -OCH3 is 1. The second kappa shape index (κ2) is 6.74. The molecule has 1 aromatic carbocycles. The van der Waals surface area contributed by atoms with Gasteiger partial charge in [-0.05, 0) is 49.4 Å². The van der Waals surface area contributed by atoms with Gasteiger partial charge < -0.3 is 4.74 Å². The zero-order chi connectivity index (χ0) is 17.3. The van der Waals surface area contributed by atoms with Crippen LogP contribution in [0.1, 0.15) is 33.6 Å². The van der Waals surface area contributed by atoms with Crippen molar-refractivity contribution in [3.8, 4) is 0 Å². The molecular weight excluding hydrogens is 370 g/mol. The summed E-state index contributed by atoms with van der Waals surface area (Å²) in [5.41, 5.74) is 1.24. The van der Waals surface area contributed by atoms with Crippen molar-refractivity contribution in [3.63, 3.8) is 0 Å². The molecule has 0 saturated heterocycles. The van der Waals surface area contributed by atoms with Crippen molar-refractivity contribution in [2.24, 2.45) is 0 Å². The van der Waals surface area contributed by atoms with E-state index < -0.39 is 16.0 Å². The lowest BCUT2D eigenvalue weighted by atomic mass is 9.95. The molecule has 0 radical (unpaired) electrons. The number of esters is 1. The number of nitrogens with one attached hydrogen (secondary N) is 1. The Morgan fingerprint density at radius 2 is 2.04 bits per heavy atom. The van der Waals surface area contributed by atoms with E-state index >= 15 is 0 Å². The lowest BCUT2D eigenvalue weighted by Crippen LogP contribution is -2.15. The van der Waals surface area contributed by atoms with E-state index in [1.165, 1.54) is 30.6 Å². The Bertz CT molecular complexity index is 889. The summed E-state index contributed by atoms with van der Waals surface area (Å²) >= 11 is 7.18. The maximum Gasteiger partial charge on any atom is 0.341 e. The molecule has 1 aliphatic rings. The van der Waals surface area contributed by atoms with Crippen LogP contribution in [0, 0.1) is 0 Å². The summed E-state index contributed by atoms with van der Waals surface area (Å²) in [5.74, 6) is -0.516. The first kappa shape index (κ1) is 17.3. The van der Waals surface area contributed by atoms with Crippen LogP contribution in [0.25, 0.3) is 0 Å². The van der Waals surface area contributed by atoms with Gasteiger partial charge in [-0.15, -0.1) is 11.3 Å². The predicted molar refractivity (Wildman–Crippen MR) is 94.6 cm³/mol. The molecule has 1 aromatic heterocycles. The summed E-state index contributed by atoms with van der Waals surface area (Å²) < 4.78 is 32.6. The Kier molecular flexibility index (Phi) is 4.85. The van der Waals surface area contributed by atoms with Crippen LogP contribution in [-0.2, 0) is 27.6 Å². The molecule has 24 heavy (non-hydrogen) atoms. The Labute approximate surface area is 149 Å². The number of carbonyl (C=O) groups is 1. The van der Waals surface area contributed by atoms with Gasteiger partial charge in [0.2, 0.25) is 0 Å². The average molecular weight is 386 g/mol. The monoisotopic (exact) mass is 385 g/mol. The number of thiophene rings is 1. The van der Waals surface area contributed by atoms with Gasteiger partial charge in [-0.3, -0.25) is 4.72 Å². The minimum atomic E-state index is -3.83. The van der Waals surface area contributed by atoms with Crippen LogP contribution in [0.5, 0.6) is 0 Å². The van der Waals surface area contributed by atoms with Gasteiger partial charge in [0, 0.05) is 9.90 Å². The lowest BCUT2D eigenvalue weighted by molar-refractivity contribution is 0.0601. The first-order valence-corrected chi connectivity index (χ1v) is 10.1. The molecule has 0 spiro atoms. The first-order valence-electron chi connectivity index (χ1n) is 7.43. The van der Waals surface area contributed by atoms with Crippen molar-refractivity contribution in [1.82, 2.24) is 0 Å². The zero-order valence-electron chi connectivity index (χ0n) is 13.0. The van der Waals surface area contributed by atoms with E-state index in [1.54, 1.807) is 12.1 Å². The predicted octanol–water partition coefficient (Wildman–Crippen LogP) is 3.87. The standard InChI is InChI=1S/C16H16ClNO4S2/c1-22-16(19)14-12-7-2-3-8-13(12)23-15(14)18-24(20,21)11-6-4-5-10(17)9-11/h4-6,9,18H,2-3,7-8H2,1H3. The molecule has 1 heterocycles. The number of hydrogen-bond donors (Lipinski definition) is 1. The van der Waals surface area contributed by atoms with Gasteiger partial charge in [0.1, 0.15) is 5.00 Å². The van der Waals surface area contributed by atoms with Gasteiger partial charge in [0.25, 0.3) is 10.0 Å². The number of anilines is 1. The summed E-state index contributed by atoms with van der Waals surface area (Å²) in [6.07, 6.45) is 3.63. The highest BCUT2D eigenvalue weighted by molar-refractivity contribution is 7.93. The molecule has 1 aliphatic carbocycles. The van der Waals surface area contributed by atoms with Gasteiger partial charge >= 0.3 is 5.97 Å². The normalized spacial score (nSPS) is 14.1. The Hall–Kier alpha value is -1.57. The fourth-order valence-corrected chi connectivity index (χ4v) is 5.65. The van der Waals surface area contributed by atoms with Gasteiger partial charge in [-0.2, -0.15) is 0 Å². The SMILES string of the molecule is COC(=O)c1c(NS(=O)(=O)c2cccc(Cl)c2)sc2c1CCCC2. The third kappa shape index (κ3) is 3.29. The molecule has 3 rings (SSSR count). The second-order valence-corrected chi connectivity index (χ2v) is 8.69. The van der Waals surface area contributed by atoms with Crippen LogP contribution in [0.15, 0.2) is 29.2 Å². The van der Waals surface area contributed by atoms with Gasteiger partial charge in [-0.25, -0.2) is 13.2 Å². The molecule has 0 atom stereocenters. The van der Waals surface area contributed by atoms with Crippen molar-refractivity contribution in [1.29, 1.82) is 0 Å². The number of rotatable bonds is 4. The van der Waals surface area contributed by atoms with E-state index in [9.17, 15) is 13.2 Å². The minimum absolute atomic E-state index is 0.0530. The number of hydrogen-bond acceptors (Lipinski definition) is 5. The van der Waals surface area contributed by atoms with E-state index in [2.05, 4.69) is 4.72 Å².